The topological polar surface area (TPSA) is 12.0 Å². The molecule has 0 aromatic heterocycles. The second-order valence-electron chi connectivity index (χ2n) is 3.69. The maximum Gasteiger partial charge on any atom is 0.0551 e. The number of hydrogen-bond acceptors (Lipinski definition) is 2. The molecule has 1 nitrogen and oxygen atoms in total. The summed E-state index contributed by atoms with van der Waals surface area (Å²) in [5, 5.41) is 4.26. The van der Waals surface area contributed by atoms with Gasteiger partial charge in [-0.05, 0) is 46.3 Å². The molecule has 1 aromatic rings. The van der Waals surface area contributed by atoms with Gasteiger partial charge in [-0.1, -0.05) is 24.6 Å². The van der Waals surface area contributed by atoms with E-state index in [0.29, 0.717) is 6.04 Å². The lowest BCUT2D eigenvalue weighted by Gasteiger charge is -2.13. The third-order valence-electron chi connectivity index (χ3n) is 2.21. The molecule has 0 aliphatic carbocycles. The first-order valence-electron chi connectivity index (χ1n) is 5.38. The summed E-state index contributed by atoms with van der Waals surface area (Å²) >= 11 is 11.4. The Morgan fingerprint density at radius 1 is 1.50 bits per heavy atom. The fourth-order valence-electron chi connectivity index (χ4n) is 1.30. The minimum atomic E-state index is 0.535. The Hall–Kier alpha value is 0.300. The fraction of sp³-hybridized carbons (Fsp3) is 0.500. The van der Waals surface area contributed by atoms with Gasteiger partial charge in [-0.2, -0.15) is 11.8 Å². The fourth-order valence-corrected chi connectivity index (χ4v) is 2.45. The Kier molecular flexibility index (Phi) is 6.81. The summed E-state index contributed by atoms with van der Waals surface area (Å²) in [6.45, 7) is 5.27. The molecular weight excluding hydrogens is 306 g/mol. The van der Waals surface area contributed by atoms with Gasteiger partial charge in [0, 0.05) is 22.8 Å². The highest BCUT2D eigenvalue weighted by Crippen LogP contribution is 2.23. The minimum Gasteiger partial charge on any atom is -0.309 e. The number of halogens is 2. The van der Waals surface area contributed by atoms with Gasteiger partial charge in [-0.25, -0.2) is 0 Å². The lowest BCUT2D eigenvalue weighted by atomic mass is 10.2. The van der Waals surface area contributed by atoms with Crippen molar-refractivity contribution in [2.45, 2.75) is 26.4 Å². The Bertz CT molecular complexity index is 333. The van der Waals surface area contributed by atoms with Crippen LogP contribution in [0.2, 0.25) is 5.02 Å². The van der Waals surface area contributed by atoms with Gasteiger partial charge in [0.25, 0.3) is 0 Å². The highest BCUT2D eigenvalue weighted by Gasteiger charge is 2.02. The molecule has 0 spiro atoms. The van der Waals surface area contributed by atoms with Gasteiger partial charge in [0.2, 0.25) is 0 Å². The first-order valence-corrected chi connectivity index (χ1v) is 7.71. The van der Waals surface area contributed by atoms with E-state index >= 15 is 0 Å². The van der Waals surface area contributed by atoms with Gasteiger partial charge < -0.3 is 5.32 Å². The molecule has 90 valence electrons. The van der Waals surface area contributed by atoms with E-state index in [1.807, 2.05) is 23.9 Å². The maximum absolute atomic E-state index is 6.03. The maximum atomic E-state index is 6.03. The van der Waals surface area contributed by atoms with Crippen LogP contribution in [0.15, 0.2) is 22.7 Å². The molecular formula is C12H17BrClNS. The number of thioether (sulfide) groups is 1. The zero-order valence-electron chi connectivity index (χ0n) is 9.59. The molecule has 4 heteroatoms. The van der Waals surface area contributed by atoms with E-state index in [2.05, 4.69) is 41.2 Å². The van der Waals surface area contributed by atoms with Gasteiger partial charge >= 0.3 is 0 Å². The van der Waals surface area contributed by atoms with Crippen molar-refractivity contribution in [3.05, 3.63) is 33.3 Å². The summed E-state index contributed by atoms with van der Waals surface area (Å²) in [7, 11) is 0. The van der Waals surface area contributed by atoms with Crippen LogP contribution in [0.25, 0.3) is 0 Å². The van der Waals surface area contributed by atoms with Gasteiger partial charge in [0.05, 0.1) is 5.02 Å². The summed E-state index contributed by atoms with van der Waals surface area (Å²) in [6, 6.07) is 6.61. The highest BCUT2D eigenvalue weighted by atomic mass is 79.9. The molecule has 16 heavy (non-hydrogen) atoms. The second kappa shape index (κ2) is 7.59. The van der Waals surface area contributed by atoms with Crippen LogP contribution in [0, 0.1) is 0 Å². The van der Waals surface area contributed by atoms with Gasteiger partial charge in [-0.15, -0.1) is 0 Å². The first kappa shape index (κ1) is 14.4. The largest absolute Gasteiger partial charge is 0.309 e. The molecule has 0 aliphatic heterocycles. The van der Waals surface area contributed by atoms with Crippen LogP contribution in [0.5, 0.6) is 0 Å². The predicted molar refractivity (Wildman–Crippen MR) is 78.5 cm³/mol. The van der Waals surface area contributed by atoms with E-state index in [4.69, 9.17) is 11.6 Å². The quantitative estimate of drug-likeness (QED) is 0.836. The van der Waals surface area contributed by atoms with Crippen LogP contribution >= 0.6 is 39.3 Å². The van der Waals surface area contributed by atoms with Crippen molar-refractivity contribution in [2.75, 3.05) is 11.5 Å². The zero-order valence-corrected chi connectivity index (χ0v) is 12.8. The molecule has 0 bridgehead atoms. The van der Waals surface area contributed by atoms with Crippen molar-refractivity contribution in [1.82, 2.24) is 5.32 Å². The average molecular weight is 323 g/mol. The smallest absolute Gasteiger partial charge is 0.0551 e. The number of rotatable bonds is 6. The van der Waals surface area contributed by atoms with E-state index in [1.165, 1.54) is 11.3 Å². The summed E-state index contributed by atoms with van der Waals surface area (Å²) < 4.78 is 0.951. The average Bonchev–Trinajstić information content (AvgIpc) is 2.28. The van der Waals surface area contributed by atoms with Gasteiger partial charge in [0.1, 0.15) is 0 Å². The molecule has 0 heterocycles. The van der Waals surface area contributed by atoms with E-state index < -0.39 is 0 Å². The molecule has 0 fully saturated rings. The molecule has 1 unspecified atom stereocenters. The van der Waals surface area contributed by atoms with Crippen LogP contribution < -0.4 is 5.32 Å². The van der Waals surface area contributed by atoms with Crippen LogP contribution in [0.4, 0.5) is 0 Å². The van der Waals surface area contributed by atoms with Crippen molar-refractivity contribution in [2.24, 2.45) is 0 Å². The SMILES string of the molecule is CCSCC(C)NCc1ccc(Br)c(Cl)c1. The lowest BCUT2D eigenvalue weighted by Crippen LogP contribution is -2.27. The molecule has 0 amide bonds. The number of benzene rings is 1. The van der Waals surface area contributed by atoms with Crippen molar-refractivity contribution in [1.29, 1.82) is 0 Å². The molecule has 0 saturated heterocycles. The Labute approximate surface area is 115 Å². The second-order valence-corrected chi connectivity index (χ2v) is 6.27. The first-order chi connectivity index (χ1) is 7.63. The van der Waals surface area contributed by atoms with Crippen LogP contribution in [-0.2, 0) is 6.54 Å². The van der Waals surface area contributed by atoms with E-state index in [0.717, 1.165) is 21.8 Å². The zero-order chi connectivity index (χ0) is 12.0. The molecule has 1 atom stereocenters. The summed E-state index contributed by atoms with van der Waals surface area (Å²) in [5.41, 5.74) is 1.22. The third kappa shape index (κ3) is 5.09. The van der Waals surface area contributed by atoms with E-state index in [9.17, 15) is 0 Å². The summed E-state index contributed by atoms with van der Waals surface area (Å²) in [5.74, 6) is 2.33. The van der Waals surface area contributed by atoms with E-state index in [-0.39, 0.29) is 0 Å². The molecule has 1 aromatic carbocycles. The summed E-state index contributed by atoms with van der Waals surface area (Å²) in [4.78, 5) is 0. The van der Waals surface area contributed by atoms with Gasteiger partial charge in [0.15, 0.2) is 0 Å². The van der Waals surface area contributed by atoms with Crippen LogP contribution in [0.1, 0.15) is 19.4 Å². The normalized spacial score (nSPS) is 12.8. The molecule has 0 saturated carbocycles. The van der Waals surface area contributed by atoms with Crippen molar-refractivity contribution in [3.63, 3.8) is 0 Å². The van der Waals surface area contributed by atoms with Crippen molar-refractivity contribution >= 4 is 39.3 Å². The molecule has 0 radical (unpaired) electrons. The van der Waals surface area contributed by atoms with Crippen molar-refractivity contribution < 1.29 is 0 Å². The Balaban J connectivity index is 2.39. The standard InChI is InChI=1S/C12H17BrClNS/c1-3-16-8-9(2)15-7-10-4-5-11(13)12(14)6-10/h4-6,9,15H,3,7-8H2,1-2H3. The van der Waals surface area contributed by atoms with Gasteiger partial charge in [-0.3, -0.25) is 0 Å². The highest BCUT2D eigenvalue weighted by molar-refractivity contribution is 9.10. The summed E-state index contributed by atoms with van der Waals surface area (Å²) in [6.07, 6.45) is 0. The molecule has 1 N–H and O–H groups in total. The molecule has 0 aliphatic rings. The third-order valence-corrected chi connectivity index (χ3v) is 4.59. The Morgan fingerprint density at radius 3 is 2.88 bits per heavy atom. The van der Waals surface area contributed by atoms with Crippen LogP contribution in [-0.4, -0.2) is 17.5 Å². The number of nitrogens with one attached hydrogen (secondary N) is 1. The monoisotopic (exact) mass is 321 g/mol. The molecule has 1 rings (SSSR count). The predicted octanol–water partition coefficient (Wildman–Crippen LogP) is 4.33. The number of hydrogen-bond donors (Lipinski definition) is 1. The minimum absolute atomic E-state index is 0.535. The lowest BCUT2D eigenvalue weighted by molar-refractivity contribution is 0.596. The van der Waals surface area contributed by atoms with Crippen LogP contribution in [0.3, 0.4) is 0 Å². The van der Waals surface area contributed by atoms with E-state index in [1.54, 1.807) is 0 Å². The Morgan fingerprint density at radius 2 is 2.25 bits per heavy atom. The van der Waals surface area contributed by atoms with Crippen molar-refractivity contribution in [3.8, 4) is 0 Å².